The van der Waals surface area contributed by atoms with Crippen LogP contribution in [0.3, 0.4) is 0 Å². The summed E-state index contributed by atoms with van der Waals surface area (Å²) >= 11 is 0. The number of rotatable bonds is 5. The van der Waals surface area contributed by atoms with Crippen molar-refractivity contribution >= 4 is 5.91 Å². The van der Waals surface area contributed by atoms with Gasteiger partial charge in [0.1, 0.15) is 0 Å². The minimum atomic E-state index is -0.391. The molecule has 0 spiro atoms. The van der Waals surface area contributed by atoms with E-state index in [9.17, 15) is 9.90 Å². The second-order valence-electron chi connectivity index (χ2n) is 5.38. The number of amides is 1. The highest BCUT2D eigenvalue weighted by molar-refractivity contribution is 5.92. The van der Waals surface area contributed by atoms with Crippen LogP contribution in [0.5, 0.6) is 0 Å². The Bertz CT molecular complexity index is 434. The lowest BCUT2D eigenvalue weighted by molar-refractivity contribution is 0.0995. The van der Waals surface area contributed by atoms with Crippen LogP contribution in [0, 0.1) is 5.92 Å². The fraction of sp³-hybridized carbons (Fsp3) is 0.533. The molecule has 2 atom stereocenters. The van der Waals surface area contributed by atoms with Gasteiger partial charge in [0.2, 0.25) is 5.91 Å². The fourth-order valence-corrected chi connectivity index (χ4v) is 2.70. The van der Waals surface area contributed by atoms with Crippen LogP contribution in [0.2, 0.25) is 0 Å². The zero-order chi connectivity index (χ0) is 13.7. The Morgan fingerprint density at radius 1 is 1.42 bits per heavy atom. The molecule has 2 rings (SSSR count). The van der Waals surface area contributed by atoms with Gasteiger partial charge in [-0.15, -0.1) is 0 Å². The van der Waals surface area contributed by atoms with E-state index in [-0.39, 0.29) is 6.10 Å². The van der Waals surface area contributed by atoms with E-state index in [2.05, 4.69) is 5.32 Å². The summed E-state index contributed by atoms with van der Waals surface area (Å²) in [5.41, 5.74) is 6.87. The molecule has 0 bridgehead atoms. The Hall–Kier alpha value is -1.39. The van der Waals surface area contributed by atoms with Crippen molar-refractivity contribution in [3.8, 4) is 0 Å². The number of hydrogen-bond donors (Lipinski definition) is 3. The molecule has 1 amide bonds. The Balaban J connectivity index is 1.79. The van der Waals surface area contributed by atoms with Crippen LogP contribution in [-0.4, -0.2) is 23.7 Å². The van der Waals surface area contributed by atoms with Gasteiger partial charge in [0, 0.05) is 12.1 Å². The number of carbonyl (C=O) groups is 1. The predicted molar refractivity (Wildman–Crippen MR) is 74.6 cm³/mol. The van der Waals surface area contributed by atoms with Crippen LogP contribution >= 0.6 is 0 Å². The van der Waals surface area contributed by atoms with Crippen molar-refractivity contribution in [1.29, 1.82) is 0 Å². The van der Waals surface area contributed by atoms with Crippen molar-refractivity contribution in [2.45, 2.75) is 38.3 Å². The van der Waals surface area contributed by atoms with Crippen LogP contribution in [-0.2, 0) is 6.54 Å². The van der Waals surface area contributed by atoms with E-state index in [1.165, 1.54) is 6.42 Å². The van der Waals surface area contributed by atoms with Gasteiger partial charge < -0.3 is 16.2 Å². The molecule has 1 aliphatic carbocycles. The number of benzene rings is 1. The van der Waals surface area contributed by atoms with E-state index >= 15 is 0 Å². The summed E-state index contributed by atoms with van der Waals surface area (Å²) < 4.78 is 0. The molecule has 0 aromatic heterocycles. The first-order valence-electron chi connectivity index (χ1n) is 6.92. The molecule has 19 heavy (non-hydrogen) atoms. The van der Waals surface area contributed by atoms with Crippen molar-refractivity contribution in [1.82, 2.24) is 5.32 Å². The number of nitrogens with one attached hydrogen (secondary N) is 1. The molecule has 4 nitrogen and oxygen atoms in total. The summed E-state index contributed by atoms with van der Waals surface area (Å²) in [7, 11) is 0. The normalized spacial score (nSPS) is 23.2. The lowest BCUT2D eigenvalue weighted by Crippen LogP contribution is -2.29. The summed E-state index contributed by atoms with van der Waals surface area (Å²) in [4.78, 5) is 11.1. The topological polar surface area (TPSA) is 75.4 Å². The van der Waals surface area contributed by atoms with Crippen molar-refractivity contribution in [3.63, 3.8) is 0 Å². The zero-order valence-corrected chi connectivity index (χ0v) is 11.1. The molecule has 0 radical (unpaired) electrons. The van der Waals surface area contributed by atoms with E-state index < -0.39 is 5.91 Å². The monoisotopic (exact) mass is 262 g/mol. The Morgan fingerprint density at radius 2 is 2.26 bits per heavy atom. The number of aliphatic hydroxyl groups excluding tert-OH is 1. The molecule has 0 saturated heterocycles. The third-order valence-electron chi connectivity index (χ3n) is 3.73. The third-order valence-corrected chi connectivity index (χ3v) is 3.73. The quantitative estimate of drug-likeness (QED) is 0.751. The largest absolute Gasteiger partial charge is 0.393 e. The van der Waals surface area contributed by atoms with Crippen LogP contribution in [0.1, 0.15) is 41.6 Å². The fourth-order valence-electron chi connectivity index (χ4n) is 2.70. The van der Waals surface area contributed by atoms with Crippen LogP contribution in [0.25, 0.3) is 0 Å². The second-order valence-corrected chi connectivity index (χ2v) is 5.38. The maximum atomic E-state index is 11.1. The molecule has 0 aliphatic heterocycles. The lowest BCUT2D eigenvalue weighted by atomic mass is 9.87. The van der Waals surface area contributed by atoms with Gasteiger partial charge in [0.25, 0.3) is 0 Å². The minimum Gasteiger partial charge on any atom is -0.393 e. The van der Waals surface area contributed by atoms with Gasteiger partial charge in [-0.2, -0.15) is 0 Å². The van der Waals surface area contributed by atoms with Gasteiger partial charge in [-0.1, -0.05) is 18.6 Å². The maximum absolute atomic E-state index is 11.1. The first-order valence-corrected chi connectivity index (χ1v) is 6.92. The first-order chi connectivity index (χ1) is 9.15. The second kappa shape index (κ2) is 6.68. The highest BCUT2D eigenvalue weighted by Crippen LogP contribution is 2.23. The molecule has 1 aromatic rings. The predicted octanol–water partition coefficient (Wildman–Crippen LogP) is 1.43. The van der Waals surface area contributed by atoms with Gasteiger partial charge in [0.15, 0.2) is 0 Å². The lowest BCUT2D eigenvalue weighted by Gasteiger charge is -2.26. The summed E-state index contributed by atoms with van der Waals surface area (Å²) in [6.45, 7) is 1.64. The van der Waals surface area contributed by atoms with E-state index in [1.807, 2.05) is 18.2 Å². The van der Waals surface area contributed by atoms with E-state index in [1.54, 1.807) is 6.07 Å². The molecule has 1 fully saturated rings. The standard InChI is InChI=1S/C15H22N2O2/c16-15(19)13-5-1-3-11(7-13)9-17-10-12-4-2-6-14(18)8-12/h1,3,5,7,12,14,17-18H,2,4,6,8-10H2,(H2,16,19). The van der Waals surface area contributed by atoms with Gasteiger partial charge in [-0.25, -0.2) is 0 Å². The summed E-state index contributed by atoms with van der Waals surface area (Å²) in [6, 6.07) is 7.38. The Labute approximate surface area is 114 Å². The van der Waals surface area contributed by atoms with Gasteiger partial charge in [0.05, 0.1) is 6.10 Å². The van der Waals surface area contributed by atoms with Gasteiger partial charge in [-0.05, 0) is 49.4 Å². The molecule has 0 heterocycles. The first kappa shape index (κ1) is 14.0. The molecular weight excluding hydrogens is 240 g/mol. The van der Waals surface area contributed by atoms with Crippen molar-refractivity contribution in [2.75, 3.05) is 6.54 Å². The van der Waals surface area contributed by atoms with E-state index in [4.69, 9.17) is 5.73 Å². The van der Waals surface area contributed by atoms with Crippen molar-refractivity contribution in [2.24, 2.45) is 11.7 Å². The minimum absolute atomic E-state index is 0.126. The number of aliphatic hydroxyl groups is 1. The highest BCUT2D eigenvalue weighted by atomic mass is 16.3. The molecule has 4 N–H and O–H groups in total. The van der Waals surface area contributed by atoms with Crippen molar-refractivity contribution in [3.05, 3.63) is 35.4 Å². The number of carbonyl (C=O) groups excluding carboxylic acids is 1. The number of primary amides is 1. The summed E-state index contributed by atoms with van der Waals surface area (Å²) in [6.07, 6.45) is 4.01. The van der Waals surface area contributed by atoms with Crippen LogP contribution < -0.4 is 11.1 Å². The molecule has 1 aromatic carbocycles. The molecule has 2 unspecified atom stereocenters. The smallest absolute Gasteiger partial charge is 0.248 e. The Kier molecular flexibility index (Phi) is 4.93. The third kappa shape index (κ3) is 4.33. The molecular formula is C15H22N2O2. The molecule has 104 valence electrons. The van der Waals surface area contributed by atoms with E-state index in [0.717, 1.165) is 37.9 Å². The van der Waals surface area contributed by atoms with Crippen molar-refractivity contribution < 1.29 is 9.90 Å². The maximum Gasteiger partial charge on any atom is 0.248 e. The SMILES string of the molecule is NC(=O)c1cccc(CNCC2CCCC(O)C2)c1. The summed E-state index contributed by atoms with van der Waals surface area (Å²) in [5.74, 6) is 0.167. The number of nitrogens with two attached hydrogens (primary N) is 1. The Morgan fingerprint density at radius 3 is 3.00 bits per heavy atom. The van der Waals surface area contributed by atoms with Crippen LogP contribution in [0.15, 0.2) is 24.3 Å². The molecule has 4 heteroatoms. The molecule has 1 saturated carbocycles. The number of hydrogen-bond acceptors (Lipinski definition) is 3. The van der Waals surface area contributed by atoms with Gasteiger partial charge in [-0.3, -0.25) is 4.79 Å². The average Bonchev–Trinajstić information content (AvgIpc) is 2.39. The average molecular weight is 262 g/mol. The summed E-state index contributed by atoms with van der Waals surface area (Å²) in [5, 5.41) is 13.0. The van der Waals surface area contributed by atoms with Gasteiger partial charge >= 0.3 is 0 Å². The zero-order valence-electron chi connectivity index (χ0n) is 11.1. The highest BCUT2D eigenvalue weighted by Gasteiger charge is 2.19. The van der Waals surface area contributed by atoms with Crippen LogP contribution in [0.4, 0.5) is 0 Å². The molecule has 1 aliphatic rings. The van der Waals surface area contributed by atoms with E-state index in [0.29, 0.717) is 11.5 Å².